The molecule has 1 aliphatic heterocycles. The Bertz CT molecular complexity index is 1010. The maximum absolute atomic E-state index is 12.8. The Labute approximate surface area is 150 Å². The van der Waals surface area contributed by atoms with E-state index >= 15 is 0 Å². The fraction of sp³-hybridized carbons (Fsp3) is 0.235. The number of ether oxygens (including phenoxy) is 1. The first-order valence-corrected chi connectivity index (χ1v) is 9.42. The van der Waals surface area contributed by atoms with Crippen molar-refractivity contribution in [3.8, 4) is 17.3 Å². The summed E-state index contributed by atoms with van der Waals surface area (Å²) < 4.78 is 37.4. The van der Waals surface area contributed by atoms with Crippen molar-refractivity contribution >= 4 is 10.0 Å². The molecule has 3 heterocycles. The summed E-state index contributed by atoms with van der Waals surface area (Å²) in [5.74, 6) is 0.999. The molecule has 1 aromatic carbocycles. The molecule has 8 nitrogen and oxygen atoms in total. The van der Waals surface area contributed by atoms with Crippen molar-refractivity contribution in [1.29, 1.82) is 0 Å². The SMILES string of the molecule is COc1ccccc1S(=O)(=O)N1CC(c2nc(-c3ccccn3)no2)C1. The zero-order valence-electron chi connectivity index (χ0n) is 13.9. The molecule has 0 atom stereocenters. The molecule has 26 heavy (non-hydrogen) atoms. The number of benzene rings is 1. The third-order valence-corrected chi connectivity index (χ3v) is 6.09. The summed E-state index contributed by atoms with van der Waals surface area (Å²) in [5, 5.41) is 3.93. The van der Waals surface area contributed by atoms with E-state index in [-0.39, 0.29) is 23.9 Å². The number of nitrogens with zero attached hydrogens (tertiary/aromatic N) is 4. The molecule has 9 heteroatoms. The molecule has 134 valence electrons. The Hall–Kier alpha value is -2.78. The lowest BCUT2D eigenvalue weighted by Gasteiger charge is -2.35. The Morgan fingerprint density at radius 1 is 1.15 bits per heavy atom. The van der Waals surface area contributed by atoms with E-state index in [0.717, 1.165) is 0 Å². The third-order valence-electron chi connectivity index (χ3n) is 4.22. The van der Waals surface area contributed by atoms with Crippen LogP contribution in [0.5, 0.6) is 5.75 Å². The highest BCUT2D eigenvalue weighted by molar-refractivity contribution is 7.89. The maximum Gasteiger partial charge on any atom is 0.246 e. The van der Waals surface area contributed by atoms with Gasteiger partial charge in [0.05, 0.1) is 13.0 Å². The number of hydrogen-bond donors (Lipinski definition) is 0. The Morgan fingerprint density at radius 2 is 1.92 bits per heavy atom. The van der Waals surface area contributed by atoms with Crippen LogP contribution in [0, 0.1) is 0 Å². The van der Waals surface area contributed by atoms with E-state index in [2.05, 4.69) is 15.1 Å². The third kappa shape index (κ3) is 2.85. The highest BCUT2D eigenvalue weighted by Crippen LogP contribution is 2.34. The lowest BCUT2D eigenvalue weighted by atomic mass is 10.0. The fourth-order valence-electron chi connectivity index (χ4n) is 2.76. The van der Waals surface area contributed by atoms with Crippen molar-refractivity contribution in [2.24, 2.45) is 0 Å². The van der Waals surface area contributed by atoms with Crippen molar-refractivity contribution in [1.82, 2.24) is 19.4 Å². The molecule has 1 aliphatic rings. The second-order valence-corrected chi connectivity index (χ2v) is 7.75. The first kappa shape index (κ1) is 16.7. The Kier molecular flexibility index (Phi) is 4.17. The van der Waals surface area contributed by atoms with Gasteiger partial charge in [0.1, 0.15) is 16.3 Å². The first-order chi connectivity index (χ1) is 12.6. The summed E-state index contributed by atoms with van der Waals surface area (Å²) in [4.78, 5) is 8.67. The predicted molar refractivity (Wildman–Crippen MR) is 92.0 cm³/mol. The van der Waals surface area contributed by atoms with E-state index in [0.29, 0.717) is 23.2 Å². The molecular formula is C17H16N4O4S. The lowest BCUT2D eigenvalue weighted by molar-refractivity contribution is 0.216. The second kappa shape index (κ2) is 6.50. The van der Waals surface area contributed by atoms with Gasteiger partial charge < -0.3 is 9.26 Å². The van der Waals surface area contributed by atoms with Gasteiger partial charge in [-0.25, -0.2) is 8.42 Å². The highest BCUT2D eigenvalue weighted by atomic mass is 32.2. The lowest BCUT2D eigenvalue weighted by Crippen LogP contribution is -2.48. The Balaban J connectivity index is 1.50. The smallest absolute Gasteiger partial charge is 0.246 e. The largest absolute Gasteiger partial charge is 0.495 e. The molecule has 0 spiro atoms. The monoisotopic (exact) mass is 372 g/mol. The zero-order chi connectivity index (χ0) is 18.1. The van der Waals surface area contributed by atoms with Gasteiger partial charge in [-0.1, -0.05) is 23.4 Å². The number of rotatable bonds is 5. The van der Waals surface area contributed by atoms with Crippen molar-refractivity contribution in [2.75, 3.05) is 20.2 Å². The van der Waals surface area contributed by atoms with Crippen molar-refractivity contribution in [2.45, 2.75) is 10.8 Å². The number of para-hydroxylation sites is 1. The van der Waals surface area contributed by atoms with Crippen molar-refractivity contribution in [3.05, 3.63) is 54.6 Å². The van der Waals surface area contributed by atoms with Gasteiger partial charge in [0, 0.05) is 19.3 Å². The number of sulfonamides is 1. The van der Waals surface area contributed by atoms with Gasteiger partial charge in [0.15, 0.2) is 0 Å². The topological polar surface area (TPSA) is 98.4 Å². The minimum absolute atomic E-state index is 0.135. The van der Waals surface area contributed by atoms with Gasteiger partial charge in [-0.3, -0.25) is 4.98 Å². The molecule has 0 amide bonds. The molecule has 0 N–H and O–H groups in total. The number of aromatic nitrogens is 3. The summed E-state index contributed by atoms with van der Waals surface area (Å²) in [7, 11) is -2.18. The van der Waals surface area contributed by atoms with Crippen LogP contribution in [0.2, 0.25) is 0 Å². The van der Waals surface area contributed by atoms with Crippen LogP contribution in [0.15, 0.2) is 58.1 Å². The van der Waals surface area contributed by atoms with Gasteiger partial charge in [-0.2, -0.15) is 9.29 Å². The van der Waals surface area contributed by atoms with Gasteiger partial charge in [0.25, 0.3) is 0 Å². The second-order valence-electron chi connectivity index (χ2n) is 5.84. The summed E-state index contributed by atoms with van der Waals surface area (Å²) in [6.07, 6.45) is 1.65. The average molecular weight is 372 g/mol. The summed E-state index contributed by atoms with van der Waals surface area (Å²) in [6, 6.07) is 12.0. The molecule has 0 saturated carbocycles. The summed E-state index contributed by atoms with van der Waals surface area (Å²) >= 11 is 0. The number of methoxy groups -OCH3 is 1. The van der Waals surface area contributed by atoms with Crippen LogP contribution in [0.25, 0.3) is 11.5 Å². The van der Waals surface area contributed by atoms with Crippen LogP contribution >= 0.6 is 0 Å². The average Bonchev–Trinajstić information content (AvgIpc) is 3.10. The molecule has 0 bridgehead atoms. The van der Waals surface area contributed by atoms with Crippen LogP contribution in [0.3, 0.4) is 0 Å². The van der Waals surface area contributed by atoms with E-state index in [1.807, 2.05) is 6.07 Å². The minimum atomic E-state index is -3.63. The van der Waals surface area contributed by atoms with Crippen molar-refractivity contribution in [3.63, 3.8) is 0 Å². The molecule has 0 unspecified atom stereocenters. The molecule has 0 radical (unpaired) electrons. The van der Waals surface area contributed by atoms with Gasteiger partial charge in [0.2, 0.25) is 21.7 Å². The highest BCUT2D eigenvalue weighted by Gasteiger charge is 2.41. The zero-order valence-corrected chi connectivity index (χ0v) is 14.8. The fourth-order valence-corrected chi connectivity index (χ4v) is 4.45. The molecule has 2 aromatic heterocycles. The van der Waals surface area contributed by atoms with Gasteiger partial charge >= 0.3 is 0 Å². The molecule has 0 aliphatic carbocycles. The van der Waals surface area contributed by atoms with Gasteiger partial charge in [-0.05, 0) is 24.3 Å². The van der Waals surface area contributed by atoms with Gasteiger partial charge in [-0.15, -0.1) is 0 Å². The molecular weight excluding hydrogens is 356 g/mol. The Morgan fingerprint density at radius 3 is 2.65 bits per heavy atom. The number of hydrogen-bond acceptors (Lipinski definition) is 7. The van der Waals surface area contributed by atoms with E-state index in [9.17, 15) is 8.42 Å². The van der Waals surface area contributed by atoms with Crippen LogP contribution in [-0.2, 0) is 10.0 Å². The van der Waals surface area contributed by atoms with E-state index < -0.39 is 10.0 Å². The van der Waals surface area contributed by atoms with E-state index in [1.54, 1.807) is 36.5 Å². The molecule has 1 saturated heterocycles. The van der Waals surface area contributed by atoms with Crippen LogP contribution in [0.1, 0.15) is 11.8 Å². The van der Waals surface area contributed by atoms with Crippen LogP contribution < -0.4 is 4.74 Å². The first-order valence-electron chi connectivity index (χ1n) is 7.98. The molecule has 3 aromatic rings. The quantitative estimate of drug-likeness (QED) is 0.675. The standard InChI is InChI=1S/C17H16N4O4S/c1-24-14-7-2-3-8-15(14)26(22,23)21-10-12(11-21)17-19-16(20-25-17)13-6-4-5-9-18-13/h2-9,12H,10-11H2,1H3. The predicted octanol–water partition coefficient (Wildman–Crippen LogP) is 1.93. The minimum Gasteiger partial charge on any atom is -0.495 e. The molecule has 4 rings (SSSR count). The van der Waals surface area contributed by atoms with Crippen LogP contribution in [-0.4, -0.2) is 48.0 Å². The normalized spacial score (nSPS) is 15.6. The van der Waals surface area contributed by atoms with Crippen LogP contribution in [0.4, 0.5) is 0 Å². The summed E-state index contributed by atoms with van der Waals surface area (Å²) in [5.41, 5.74) is 0.611. The maximum atomic E-state index is 12.8. The molecule has 1 fully saturated rings. The van der Waals surface area contributed by atoms with E-state index in [1.165, 1.54) is 17.5 Å². The number of pyridine rings is 1. The summed E-state index contributed by atoms with van der Waals surface area (Å²) in [6.45, 7) is 0.564. The van der Waals surface area contributed by atoms with Crippen molar-refractivity contribution < 1.29 is 17.7 Å². The van der Waals surface area contributed by atoms with E-state index in [4.69, 9.17) is 9.26 Å².